The highest BCUT2D eigenvalue weighted by Crippen LogP contribution is 2.24. The van der Waals surface area contributed by atoms with Crippen LogP contribution < -0.4 is 0 Å². The summed E-state index contributed by atoms with van der Waals surface area (Å²) < 4.78 is 0. The predicted molar refractivity (Wildman–Crippen MR) is 83.2 cm³/mol. The lowest BCUT2D eigenvalue weighted by molar-refractivity contribution is 0.262. The van der Waals surface area contributed by atoms with Crippen LogP contribution in [0.4, 0.5) is 0 Å². The maximum Gasteiger partial charge on any atom is 0.123 e. The van der Waals surface area contributed by atoms with Crippen LogP contribution in [0, 0.1) is 11.3 Å². The third-order valence-corrected chi connectivity index (χ3v) is 3.63. The van der Waals surface area contributed by atoms with Gasteiger partial charge < -0.3 is 0 Å². The van der Waals surface area contributed by atoms with Crippen molar-refractivity contribution in [2.24, 2.45) is 0 Å². The first-order valence-electron chi connectivity index (χ1n) is 7.09. The lowest BCUT2D eigenvalue weighted by Crippen LogP contribution is -2.27. The van der Waals surface area contributed by atoms with Gasteiger partial charge >= 0.3 is 0 Å². The molecule has 20 heavy (non-hydrogen) atoms. The van der Waals surface area contributed by atoms with Crippen LogP contribution in [0.1, 0.15) is 25.5 Å². The molecular formula is C18H20N2. The Kier molecular flexibility index (Phi) is 4.92. The van der Waals surface area contributed by atoms with Crippen LogP contribution in [0.5, 0.6) is 0 Å². The van der Waals surface area contributed by atoms with Crippen molar-refractivity contribution in [1.29, 1.82) is 5.26 Å². The summed E-state index contributed by atoms with van der Waals surface area (Å²) in [6.07, 6.45) is 0. The van der Waals surface area contributed by atoms with Crippen molar-refractivity contribution < 1.29 is 0 Å². The largest absolute Gasteiger partial charge is 0.285 e. The molecule has 2 rings (SSSR count). The maximum absolute atomic E-state index is 9.41. The highest BCUT2D eigenvalue weighted by Gasteiger charge is 2.16. The molecule has 2 heteroatoms. The minimum Gasteiger partial charge on any atom is -0.285 e. The molecule has 0 saturated heterocycles. The van der Waals surface area contributed by atoms with Crippen molar-refractivity contribution in [1.82, 2.24) is 4.90 Å². The van der Waals surface area contributed by atoms with E-state index >= 15 is 0 Å². The quantitative estimate of drug-likeness (QED) is 0.806. The lowest BCUT2D eigenvalue weighted by atomic mass is 10.0. The van der Waals surface area contributed by atoms with Crippen molar-refractivity contribution in [2.75, 3.05) is 13.1 Å². The van der Waals surface area contributed by atoms with Gasteiger partial charge in [0.05, 0.1) is 6.07 Å². The summed E-state index contributed by atoms with van der Waals surface area (Å²) in [6.45, 7) is 5.95. The van der Waals surface area contributed by atoms with Gasteiger partial charge in [-0.05, 0) is 29.8 Å². The van der Waals surface area contributed by atoms with Crippen LogP contribution in [0.3, 0.4) is 0 Å². The fraction of sp³-hybridized carbons (Fsp3) is 0.278. The van der Waals surface area contributed by atoms with Gasteiger partial charge in [0.15, 0.2) is 0 Å². The summed E-state index contributed by atoms with van der Waals surface area (Å²) in [7, 11) is 0. The van der Waals surface area contributed by atoms with Crippen molar-refractivity contribution in [3.05, 3.63) is 60.2 Å². The minimum atomic E-state index is -0.158. The van der Waals surface area contributed by atoms with Gasteiger partial charge in [-0.15, -0.1) is 0 Å². The Morgan fingerprint density at radius 3 is 1.95 bits per heavy atom. The van der Waals surface area contributed by atoms with Crippen LogP contribution in [-0.4, -0.2) is 18.0 Å². The van der Waals surface area contributed by atoms with E-state index in [0.717, 1.165) is 18.7 Å². The number of nitrogens with zero attached hydrogens (tertiary/aromatic N) is 2. The first-order chi connectivity index (χ1) is 9.80. The van der Waals surface area contributed by atoms with Crippen molar-refractivity contribution in [3.63, 3.8) is 0 Å². The number of rotatable bonds is 5. The van der Waals surface area contributed by atoms with Crippen LogP contribution in [0.15, 0.2) is 54.6 Å². The zero-order chi connectivity index (χ0) is 14.4. The van der Waals surface area contributed by atoms with Gasteiger partial charge in [0.1, 0.15) is 6.04 Å². The topological polar surface area (TPSA) is 27.0 Å². The highest BCUT2D eigenvalue weighted by atomic mass is 15.1. The Bertz CT molecular complexity index is 563. The van der Waals surface area contributed by atoms with Crippen LogP contribution in [-0.2, 0) is 0 Å². The fourth-order valence-corrected chi connectivity index (χ4v) is 2.44. The molecule has 2 aromatic rings. The van der Waals surface area contributed by atoms with Crippen LogP contribution in [0.2, 0.25) is 0 Å². The van der Waals surface area contributed by atoms with E-state index in [1.54, 1.807) is 0 Å². The molecule has 1 atom stereocenters. The lowest BCUT2D eigenvalue weighted by Gasteiger charge is -2.24. The second-order valence-electron chi connectivity index (χ2n) is 4.74. The van der Waals surface area contributed by atoms with E-state index in [1.807, 2.05) is 18.2 Å². The van der Waals surface area contributed by atoms with E-state index in [0.29, 0.717) is 0 Å². The molecule has 0 heterocycles. The first-order valence-corrected chi connectivity index (χ1v) is 7.09. The standard InChI is InChI=1S/C18H20N2/c1-3-20(4-2)18(14-19)17-12-10-16(11-13-17)15-8-6-5-7-9-15/h5-13,18H,3-4H2,1-2H3. The SMILES string of the molecule is CCN(CC)C(C#N)c1ccc(-c2ccccc2)cc1. The smallest absolute Gasteiger partial charge is 0.123 e. The number of hydrogen-bond donors (Lipinski definition) is 0. The van der Waals surface area contributed by atoms with Gasteiger partial charge in [-0.1, -0.05) is 68.4 Å². The molecule has 0 aromatic heterocycles. The molecule has 102 valence electrons. The first kappa shape index (κ1) is 14.3. The summed E-state index contributed by atoms with van der Waals surface area (Å²) in [4.78, 5) is 2.16. The molecular weight excluding hydrogens is 244 g/mol. The molecule has 0 bridgehead atoms. The molecule has 0 spiro atoms. The minimum absolute atomic E-state index is 0.158. The van der Waals surface area contributed by atoms with E-state index < -0.39 is 0 Å². The number of nitriles is 1. The van der Waals surface area contributed by atoms with Crippen LogP contribution >= 0.6 is 0 Å². The summed E-state index contributed by atoms with van der Waals surface area (Å²) in [5.74, 6) is 0. The molecule has 0 fully saturated rings. The second-order valence-corrected chi connectivity index (χ2v) is 4.74. The molecule has 2 nitrogen and oxygen atoms in total. The Balaban J connectivity index is 2.26. The average molecular weight is 264 g/mol. The van der Waals surface area contributed by atoms with E-state index in [-0.39, 0.29) is 6.04 Å². The molecule has 0 amide bonds. The van der Waals surface area contributed by atoms with Gasteiger partial charge in [0, 0.05) is 0 Å². The van der Waals surface area contributed by atoms with E-state index in [2.05, 4.69) is 61.2 Å². The highest BCUT2D eigenvalue weighted by molar-refractivity contribution is 5.63. The molecule has 0 aliphatic heterocycles. The maximum atomic E-state index is 9.41. The number of hydrogen-bond acceptors (Lipinski definition) is 2. The van der Waals surface area contributed by atoms with Gasteiger partial charge in [0.2, 0.25) is 0 Å². The Morgan fingerprint density at radius 1 is 0.900 bits per heavy atom. The van der Waals surface area contributed by atoms with Gasteiger partial charge in [-0.25, -0.2) is 0 Å². The average Bonchev–Trinajstić information content (AvgIpc) is 2.53. The Hall–Kier alpha value is -2.11. The van der Waals surface area contributed by atoms with Crippen molar-refractivity contribution >= 4 is 0 Å². The molecule has 2 aromatic carbocycles. The van der Waals surface area contributed by atoms with Gasteiger partial charge in [-0.3, -0.25) is 4.90 Å². The second kappa shape index (κ2) is 6.88. The summed E-state index contributed by atoms with van der Waals surface area (Å²) >= 11 is 0. The van der Waals surface area contributed by atoms with E-state index in [1.165, 1.54) is 11.1 Å². The third-order valence-electron chi connectivity index (χ3n) is 3.63. The summed E-state index contributed by atoms with van der Waals surface area (Å²) in [5, 5.41) is 9.41. The molecule has 0 radical (unpaired) electrons. The van der Waals surface area contributed by atoms with E-state index in [4.69, 9.17) is 0 Å². The zero-order valence-electron chi connectivity index (χ0n) is 12.1. The summed E-state index contributed by atoms with van der Waals surface area (Å²) in [6, 6.07) is 20.9. The van der Waals surface area contributed by atoms with Crippen LogP contribution in [0.25, 0.3) is 11.1 Å². The Labute approximate surface area is 121 Å². The molecule has 1 unspecified atom stereocenters. The van der Waals surface area contributed by atoms with Crippen molar-refractivity contribution in [3.8, 4) is 17.2 Å². The fourth-order valence-electron chi connectivity index (χ4n) is 2.44. The summed E-state index contributed by atoms with van der Waals surface area (Å²) in [5.41, 5.74) is 3.46. The third kappa shape index (κ3) is 3.07. The molecule has 0 N–H and O–H groups in total. The molecule has 0 aliphatic carbocycles. The van der Waals surface area contributed by atoms with E-state index in [9.17, 15) is 5.26 Å². The predicted octanol–water partition coefficient (Wildman–Crippen LogP) is 4.26. The molecule has 0 saturated carbocycles. The normalized spacial score (nSPS) is 12.1. The Morgan fingerprint density at radius 2 is 1.45 bits per heavy atom. The zero-order valence-corrected chi connectivity index (χ0v) is 12.1. The number of benzene rings is 2. The van der Waals surface area contributed by atoms with Crippen molar-refractivity contribution in [2.45, 2.75) is 19.9 Å². The monoisotopic (exact) mass is 264 g/mol. The van der Waals surface area contributed by atoms with Gasteiger partial charge in [0.25, 0.3) is 0 Å². The molecule has 0 aliphatic rings. The van der Waals surface area contributed by atoms with Gasteiger partial charge in [-0.2, -0.15) is 5.26 Å².